The average molecular weight is 551 g/mol. The van der Waals surface area contributed by atoms with Gasteiger partial charge in [-0.05, 0) is 69.2 Å². The Labute approximate surface area is 237 Å². The van der Waals surface area contributed by atoms with Gasteiger partial charge in [0.25, 0.3) is 0 Å². The molecule has 5 aromatic rings. The van der Waals surface area contributed by atoms with Crippen molar-refractivity contribution in [1.82, 2.24) is 40.3 Å². The minimum atomic E-state index is 0.0252. The predicted octanol–water partition coefficient (Wildman–Crippen LogP) is 3.64. The average Bonchev–Trinajstić information content (AvgIpc) is 3.62. The normalized spacial score (nSPS) is 17.0. The van der Waals surface area contributed by atoms with Crippen molar-refractivity contribution in [2.24, 2.45) is 5.92 Å². The number of likely N-dealkylation sites (N-methyl/N-ethyl adjacent to an activating group) is 1. The zero-order valence-electron chi connectivity index (χ0n) is 23.2. The number of fused-ring (bicyclic) bond motifs is 2. The standard InChI is InChI=1S/C30H34N10O/c1-39-11-13-40(14-12-39)25-4-2-3-23-27(25)36-30(35-23)29-28-24(37-38-29)6-5-22(34-28)20-16-21(18-32-17-20)33-26(41)15-19-7-9-31-10-8-19/h2-6,16-19,31H,7-15H2,1H3,(H,33,41)(H,35,36)(H,37,38). The lowest BCUT2D eigenvalue weighted by molar-refractivity contribution is -0.117. The molecule has 6 heterocycles. The first kappa shape index (κ1) is 25.6. The van der Waals surface area contributed by atoms with E-state index in [2.05, 4.69) is 65.8 Å². The number of pyridine rings is 2. The second kappa shape index (κ2) is 10.9. The minimum Gasteiger partial charge on any atom is -0.367 e. The number of rotatable bonds is 6. The van der Waals surface area contributed by atoms with E-state index < -0.39 is 0 Å². The summed E-state index contributed by atoms with van der Waals surface area (Å²) in [5, 5.41) is 14.1. The Kier molecular flexibility index (Phi) is 6.81. The molecule has 0 saturated carbocycles. The number of benzene rings is 1. The van der Waals surface area contributed by atoms with Crippen LogP contribution in [-0.4, -0.2) is 87.3 Å². The number of hydrogen-bond donors (Lipinski definition) is 4. The van der Waals surface area contributed by atoms with E-state index in [1.807, 2.05) is 18.2 Å². The van der Waals surface area contributed by atoms with Gasteiger partial charge in [-0.25, -0.2) is 9.97 Å². The Hall–Kier alpha value is -4.35. The molecule has 1 amide bonds. The third kappa shape index (κ3) is 5.25. The van der Waals surface area contributed by atoms with E-state index in [1.165, 1.54) is 0 Å². The van der Waals surface area contributed by atoms with Gasteiger partial charge in [0, 0.05) is 44.4 Å². The number of piperazine rings is 1. The summed E-state index contributed by atoms with van der Waals surface area (Å²) >= 11 is 0. The van der Waals surface area contributed by atoms with Gasteiger partial charge < -0.3 is 25.4 Å². The largest absolute Gasteiger partial charge is 0.367 e. The molecule has 4 N–H and O–H groups in total. The zero-order chi connectivity index (χ0) is 27.8. The first-order chi connectivity index (χ1) is 20.1. The van der Waals surface area contributed by atoms with Crippen molar-refractivity contribution < 1.29 is 4.79 Å². The monoisotopic (exact) mass is 550 g/mol. The van der Waals surface area contributed by atoms with Crippen LogP contribution in [0.25, 0.3) is 44.8 Å². The summed E-state index contributed by atoms with van der Waals surface area (Å²) in [6.07, 6.45) is 6.04. The quantitative estimate of drug-likeness (QED) is 0.252. The summed E-state index contributed by atoms with van der Waals surface area (Å²) in [6.45, 7) is 5.96. The number of nitrogens with one attached hydrogen (secondary N) is 4. The number of H-pyrrole nitrogens is 2. The summed E-state index contributed by atoms with van der Waals surface area (Å²) in [7, 11) is 2.16. The molecule has 210 valence electrons. The van der Waals surface area contributed by atoms with Gasteiger partial charge in [0.05, 0.1) is 34.3 Å². The van der Waals surface area contributed by atoms with Crippen molar-refractivity contribution in [3.63, 3.8) is 0 Å². The van der Waals surface area contributed by atoms with Crippen LogP contribution in [0.4, 0.5) is 11.4 Å². The molecule has 11 nitrogen and oxygen atoms in total. The maximum atomic E-state index is 12.7. The van der Waals surface area contributed by atoms with Gasteiger partial charge in [0.1, 0.15) is 11.0 Å². The number of hydrogen-bond acceptors (Lipinski definition) is 8. The van der Waals surface area contributed by atoms with E-state index in [4.69, 9.17) is 9.97 Å². The summed E-state index contributed by atoms with van der Waals surface area (Å²) in [6, 6.07) is 12.1. The highest BCUT2D eigenvalue weighted by molar-refractivity contribution is 5.95. The van der Waals surface area contributed by atoms with Crippen LogP contribution in [0.5, 0.6) is 0 Å². The molecule has 41 heavy (non-hydrogen) atoms. The maximum Gasteiger partial charge on any atom is 0.224 e. The molecule has 0 aliphatic carbocycles. The lowest BCUT2D eigenvalue weighted by Crippen LogP contribution is -2.44. The summed E-state index contributed by atoms with van der Waals surface area (Å²) in [4.78, 5) is 35.2. The smallest absolute Gasteiger partial charge is 0.224 e. The Morgan fingerprint density at radius 2 is 1.85 bits per heavy atom. The number of aromatic amines is 2. The first-order valence-electron chi connectivity index (χ1n) is 14.3. The second-order valence-corrected chi connectivity index (χ2v) is 11.1. The van der Waals surface area contributed by atoms with E-state index in [-0.39, 0.29) is 5.91 Å². The van der Waals surface area contributed by atoms with Gasteiger partial charge in [-0.2, -0.15) is 5.10 Å². The fourth-order valence-electron chi connectivity index (χ4n) is 5.86. The molecule has 0 atom stereocenters. The number of piperidine rings is 1. The van der Waals surface area contributed by atoms with Crippen LogP contribution in [-0.2, 0) is 4.79 Å². The van der Waals surface area contributed by atoms with E-state index in [1.54, 1.807) is 12.4 Å². The molecule has 2 aliphatic rings. The first-order valence-corrected chi connectivity index (χ1v) is 14.3. The van der Waals surface area contributed by atoms with Crippen LogP contribution in [0.15, 0.2) is 48.8 Å². The third-order valence-corrected chi connectivity index (χ3v) is 8.22. The molecule has 0 spiro atoms. The van der Waals surface area contributed by atoms with E-state index in [9.17, 15) is 4.79 Å². The number of carbonyl (C=O) groups excluding carboxylic acids is 1. The fraction of sp³-hybridized carbons (Fsp3) is 0.367. The molecule has 7 rings (SSSR count). The highest BCUT2D eigenvalue weighted by Gasteiger charge is 2.21. The number of amides is 1. The Balaban J connectivity index is 1.16. The van der Waals surface area contributed by atoms with E-state index in [0.717, 1.165) is 91.1 Å². The molecule has 2 fully saturated rings. The fourth-order valence-corrected chi connectivity index (χ4v) is 5.86. The Morgan fingerprint density at radius 3 is 2.71 bits per heavy atom. The topological polar surface area (TPSA) is 131 Å². The van der Waals surface area contributed by atoms with Crippen molar-refractivity contribution >= 4 is 39.3 Å². The van der Waals surface area contributed by atoms with Gasteiger partial charge in [0.15, 0.2) is 11.5 Å². The van der Waals surface area contributed by atoms with Crippen LogP contribution in [0, 0.1) is 5.92 Å². The maximum absolute atomic E-state index is 12.7. The number of imidazole rings is 1. The summed E-state index contributed by atoms with van der Waals surface area (Å²) in [5.74, 6) is 1.12. The highest BCUT2D eigenvalue weighted by Crippen LogP contribution is 2.32. The van der Waals surface area contributed by atoms with Crippen molar-refractivity contribution in [1.29, 1.82) is 0 Å². The molecular weight excluding hydrogens is 516 g/mol. The Bertz CT molecular complexity index is 1690. The van der Waals surface area contributed by atoms with Gasteiger partial charge in [0.2, 0.25) is 5.91 Å². The van der Waals surface area contributed by atoms with Crippen LogP contribution in [0.2, 0.25) is 0 Å². The summed E-state index contributed by atoms with van der Waals surface area (Å²) in [5.41, 5.74) is 7.50. The van der Waals surface area contributed by atoms with Gasteiger partial charge in [-0.15, -0.1) is 0 Å². The number of nitrogens with zero attached hydrogens (tertiary/aromatic N) is 6. The molecule has 0 unspecified atom stereocenters. The second-order valence-electron chi connectivity index (χ2n) is 11.1. The number of aromatic nitrogens is 6. The van der Waals surface area contributed by atoms with Crippen molar-refractivity contribution in [2.75, 3.05) is 56.5 Å². The van der Waals surface area contributed by atoms with Crippen molar-refractivity contribution in [2.45, 2.75) is 19.3 Å². The molecule has 2 saturated heterocycles. The highest BCUT2D eigenvalue weighted by atomic mass is 16.1. The predicted molar refractivity (Wildman–Crippen MR) is 161 cm³/mol. The number of para-hydroxylation sites is 1. The van der Waals surface area contributed by atoms with Gasteiger partial charge >= 0.3 is 0 Å². The van der Waals surface area contributed by atoms with Gasteiger partial charge in [-0.3, -0.25) is 14.9 Å². The number of anilines is 2. The van der Waals surface area contributed by atoms with Gasteiger partial charge in [-0.1, -0.05) is 6.07 Å². The zero-order valence-corrected chi connectivity index (χ0v) is 23.2. The summed E-state index contributed by atoms with van der Waals surface area (Å²) < 4.78 is 0. The van der Waals surface area contributed by atoms with Crippen LogP contribution in [0.1, 0.15) is 19.3 Å². The molecule has 0 bridgehead atoms. The van der Waals surface area contributed by atoms with Crippen molar-refractivity contribution in [3.8, 4) is 22.8 Å². The van der Waals surface area contributed by atoms with Crippen LogP contribution < -0.4 is 15.5 Å². The van der Waals surface area contributed by atoms with Crippen molar-refractivity contribution in [3.05, 3.63) is 48.8 Å². The lowest BCUT2D eigenvalue weighted by Gasteiger charge is -2.34. The number of carbonyl (C=O) groups is 1. The molecular formula is C30H34N10O. The molecule has 4 aromatic heterocycles. The lowest BCUT2D eigenvalue weighted by atomic mass is 9.94. The minimum absolute atomic E-state index is 0.0252. The molecule has 0 radical (unpaired) electrons. The third-order valence-electron chi connectivity index (χ3n) is 8.22. The van der Waals surface area contributed by atoms with Crippen LogP contribution in [0.3, 0.4) is 0 Å². The Morgan fingerprint density at radius 1 is 1.00 bits per heavy atom. The van der Waals surface area contributed by atoms with E-state index in [0.29, 0.717) is 29.5 Å². The molecule has 11 heteroatoms. The SMILES string of the molecule is CN1CCN(c2cccc3[nH]c(-c4n[nH]c5ccc(-c6cncc(NC(=O)CC7CCNCC7)c6)nc45)nc23)CC1. The van der Waals surface area contributed by atoms with Crippen LogP contribution >= 0.6 is 0 Å². The molecule has 1 aromatic carbocycles. The molecule has 2 aliphatic heterocycles. The van der Waals surface area contributed by atoms with E-state index >= 15 is 0 Å².